The number of aromatic nitrogens is 2. The van der Waals surface area contributed by atoms with Crippen molar-refractivity contribution in [1.82, 2.24) is 9.55 Å². The molecule has 0 bridgehead atoms. The molecule has 122 valence electrons. The van der Waals surface area contributed by atoms with Crippen LogP contribution in [0.1, 0.15) is 61.0 Å². The standard InChI is InChI=1S/C19H24N2O2/c1-13-7-6-10-17(14(13)2)15(3)18-20-11-12-21(18)19(22)23-16-8-4-5-9-16/h6-7,10-12,15-16H,4-5,8-9H2,1-3H3/t15-/m0/s1. The summed E-state index contributed by atoms with van der Waals surface area (Å²) in [5.74, 6) is 0.780. The number of rotatable bonds is 3. The Morgan fingerprint density at radius 2 is 2.04 bits per heavy atom. The third kappa shape index (κ3) is 3.16. The van der Waals surface area contributed by atoms with Crippen LogP contribution in [0.3, 0.4) is 0 Å². The molecule has 1 aliphatic carbocycles. The Morgan fingerprint density at radius 1 is 1.30 bits per heavy atom. The molecule has 1 aromatic carbocycles. The Morgan fingerprint density at radius 3 is 2.78 bits per heavy atom. The molecule has 1 aromatic heterocycles. The molecule has 4 heteroatoms. The second kappa shape index (κ2) is 6.57. The summed E-state index contributed by atoms with van der Waals surface area (Å²) in [5, 5.41) is 0. The van der Waals surface area contributed by atoms with Gasteiger partial charge in [0.25, 0.3) is 0 Å². The zero-order chi connectivity index (χ0) is 16.4. The summed E-state index contributed by atoms with van der Waals surface area (Å²) in [7, 11) is 0. The number of ether oxygens (including phenoxy) is 1. The molecular weight excluding hydrogens is 288 g/mol. The lowest BCUT2D eigenvalue weighted by atomic mass is 9.93. The van der Waals surface area contributed by atoms with Crippen LogP contribution in [0.2, 0.25) is 0 Å². The Kier molecular flexibility index (Phi) is 4.51. The number of hydrogen-bond donors (Lipinski definition) is 0. The van der Waals surface area contributed by atoms with Crippen molar-refractivity contribution in [3.8, 4) is 0 Å². The first-order valence-corrected chi connectivity index (χ1v) is 8.38. The Bertz CT molecular complexity index is 699. The summed E-state index contributed by atoms with van der Waals surface area (Å²) in [5.41, 5.74) is 3.70. The van der Waals surface area contributed by atoms with Crippen molar-refractivity contribution in [2.24, 2.45) is 0 Å². The lowest BCUT2D eigenvalue weighted by molar-refractivity contribution is 0.101. The van der Waals surface area contributed by atoms with Gasteiger partial charge in [-0.3, -0.25) is 0 Å². The molecule has 2 aromatic rings. The molecule has 0 spiro atoms. The van der Waals surface area contributed by atoms with E-state index in [0.29, 0.717) is 0 Å². The highest BCUT2D eigenvalue weighted by molar-refractivity contribution is 5.71. The van der Waals surface area contributed by atoms with Crippen LogP contribution in [-0.2, 0) is 4.74 Å². The van der Waals surface area contributed by atoms with E-state index in [9.17, 15) is 4.79 Å². The van der Waals surface area contributed by atoms with E-state index < -0.39 is 0 Å². The summed E-state index contributed by atoms with van der Waals surface area (Å²) in [4.78, 5) is 16.9. The number of aryl methyl sites for hydroxylation is 1. The van der Waals surface area contributed by atoms with E-state index in [1.807, 2.05) is 0 Å². The molecule has 0 radical (unpaired) electrons. The predicted octanol–water partition coefficient (Wildman–Crippen LogP) is 4.58. The third-order valence-corrected chi connectivity index (χ3v) is 4.94. The highest BCUT2D eigenvalue weighted by Gasteiger charge is 2.24. The molecule has 1 heterocycles. The van der Waals surface area contributed by atoms with Crippen LogP contribution in [0.4, 0.5) is 4.79 Å². The van der Waals surface area contributed by atoms with Gasteiger partial charge in [0, 0.05) is 18.3 Å². The number of carbonyl (C=O) groups is 1. The minimum absolute atomic E-state index is 0.0426. The van der Waals surface area contributed by atoms with E-state index >= 15 is 0 Å². The van der Waals surface area contributed by atoms with Crippen molar-refractivity contribution in [2.45, 2.75) is 58.5 Å². The van der Waals surface area contributed by atoms with Crippen LogP contribution in [0.25, 0.3) is 0 Å². The molecule has 1 fully saturated rings. The van der Waals surface area contributed by atoms with Gasteiger partial charge in [0.2, 0.25) is 0 Å². The van der Waals surface area contributed by atoms with Crippen molar-refractivity contribution in [2.75, 3.05) is 0 Å². The highest BCUT2D eigenvalue weighted by Crippen LogP contribution is 2.28. The van der Waals surface area contributed by atoms with Crippen molar-refractivity contribution < 1.29 is 9.53 Å². The third-order valence-electron chi connectivity index (χ3n) is 4.94. The van der Waals surface area contributed by atoms with Gasteiger partial charge in [0.1, 0.15) is 11.9 Å². The molecule has 0 saturated heterocycles. The fraction of sp³-hybridized carbons (Fsp3) is 0.474. The number of benzene rings is 1. The average Bonchev–Trinajstić information content (AvgIpc) is 3.20. The van der Waals surface area contributed by atoms with Crippen LogP contribution >= 0.6 is 0 Å². The van der Waals surface area contributed by atoms with E-state index in [1.165, 1.54) is 16.7 Å². The van der Waals surface area contributed by atoms with Crippen molar-refractivity contribution in [3.05, 3.63) is 53.1 Å². The molecule has 4 nitrogen and oxygen atoms in total. The van der Waals surface area contributed by atoms with Gasteiger partial charge in [-0.15, -0.1) is 0 Å². The molecule has 0 unspecified atom stereocenters. The molecule has 1 aliphatic rings. The van der Waals surface area contributed by atoms with Gasteiger partial charge in [-0.2, -0.15) is 0 Å². The number of hydrogen-bond acceptors (Lipinski definition) is 3. The van der Waals surface area contributed by atoms with Gasteiger partial charge in [-0.1, -0.05) is 25.1 Å². The smallest absolute Gasteiger partial charge is 0.419 e. The quantitative estimate of drug-likeness (QED) is 0.833. The van der Waals surface area contributed by atoms with Gasteiger partial charge in [-0.25, -0.2) is 14.3 Å². The molecular formula is C19H24N2O2. The van der Waals surface area contributed by atoms with Gasteiger partial charge in [0.05, 0.1) is 0 Å². The SMILES string of the molecule is Cc1cccc([C@H](C)c2nccn2C(=O)OC2CCCC2)c1C. The molecule has 23 heavy (non-hydrogen) atoms. The second-order valence-electron chi connectivity index (χ2n) is 6.46. The summed E-state index contributed by atoms with van der Waals surface area (Å²) >= 11 is 0. The highest BCUT2D eigenvalue weighted by atomic mass is 16.6. The van der Waals surface area contributed by atoms with E-state index in [4.69, 9.17) is 4.74 Å². The Hall–Kier alpha value is -2.10. The monoisotopic (exact) mass is 312 g/mol. The van der Waals surface area contributed by atoms with E-state index in [2.05, 4.69) is 44.0 Å². The maximum absolute atomic E-state index is 12.5. The lowest BCUT2D eigenvalue weighted by Crippen LogP contribution is -2.22. The van der Waals surface area contributed by atoms with Gasteiger partial charge < -0.3 is 4.74 Å². The van der Waals surface area contributed by atoms with Gasteiger partial charge in [-0.05, 0) is 56.2 Å². The minimum atomic E-state index is -0.304. The van der Waals surface area contributed by atoms with Crippen LogP contribution in [0.5, 0.6) is 0 Å². The largest absolute Gasteiger partial charge is 0.446 e. The van der Waals surface area contributed by atoms with Crippen LogP contribution in [0, 0.1) is 13.8 Å². The zero-order valence-corrected chi connectivity index (χ0v) is 14.1. The molecule has 1 saturated carbocycles. The Labute approximate surface area is 137 Å². The van der Waals surface area contributed by atoms with Crippen molar-refractivity contribution >= 4 is 6.09 Å². The number of nitrogens with zero attached hydrogens (tertiary/aromatic N) is 2. The molecule has 1 atom stereocenters. The summed E-state index contributed by atoms with van der Waals surface area (Å²) < 4.78 is 7.18. The van der Waals surface area contributed by atoms with Gasteiger partial charge >= 0.3 is 6.09 Å². The lowest BCUT2D eigenvalue weighted by Gasteiger charge is -2.18. The minimum Gasteiger partial charge on any atom is -0.446 e. The maximum atomic E-state index is 12.5. The topological polar surface area (TPSA) is 44.1 Å². The average molecular weight is 312 g/mol. The van der Waals surface area contributed by atoms with Crippen molar-refractivity contribution in [1.29, 1.82) is 0 Å². The molecule has 0 amide bonds. The normalized spacial score (nSPS) is 16.5. The summed E-state index contributed by atoms with van der Waals surface area (Å²) in [6.07, 6.45) is 7.38. The maximum Gasteiger partial charge on any atom is 0.419 e. The molecule has 3 rings (SSSR count). The zero-order valence-electron chi connectivity index (χ0n) is 14.1. The molecule has 0 aliphatic heterocycles. The number of carbonyl (C=O) groups excluding carboxylic acids is 1. The first kappa shape index (κ1) is 15.8. The summed E-state index contributed by atoms with van der Waals surface area (Å²) in [6.45, 7) is 6.31. The predicted molar refractivity (Wildman–Crippen MR) is 89.8 cm³/mol. The van der Waals surface area contributed by atoms with E-state index in [-0.39, 0.29) is 18.1 Å². The van der Waals surface area contributed by atoms with Crippen LogP contribution in [-0.4, -0.2) is 21.7 Å². The van der Waals surface area contributed by atoms with Crippen molar-refractivity contribution in [3.63, 3.8) is 0 Å². The van der Waals surface area contributed by atoms with Gasteiger partial charge in [0.15, 0.2) is 0 Å². The fourth-order valence-corrected chi connectivity index (χ4v) is 3.38. The van der Waals surface area contributed by atoms with Crippen LogP contribution < -0.4 is 0 Å². The summed E-state index contributed by atoms with van der Waals surface area (Å²) in [6, 6.07) is 6.26. The Balaban J connectivity index is 1.84. The number of imidazole rings is 1. The van der Waals surface area contributed by atoms with E-state index in [1.54, 1.807) is 17.0 Å². The van der Waals surface area contributed by atoms with Crippen LogP contribution in [0.15, 0.2) is 30.6 Å². The first-order valence-electron chi connectivity index (χ1n) is 8.38. The fourth-order valence-electron chi connectivity index (χ4n) is 3.38. The van der Waals surface area contributed by atoms with E-state index in [0.717, 1.165) is 31.5 Å². The molecule has 0 N–H and O–H groups in total. The second-order valence-corrected chi connectivity index (χ2v) is 6.46. The first-order chi connectivity index (χ1) is 11.1.